The first kappa shape index (κ1) is 16.5. The minimum absolute atomic E-state index is 0.0477. The average Bonchev–Trinajstić information content (AvgIpc) is 3.32. The molecular weight excluding hydrogens is 331 g/mol. The van der Waals surface area contributed by atoms with E-state index in [0.717, 1.165) is 5.56 Å². The molecule has 0 aromatic heterocycles. The molecule has 3 rings (SSSR count). The van der Waals surface area contributed by atoms with Crippen molar-refractivity contribution in [3.8, 4) is 0 Å². The Hall–Kier alpha value is -2.40. The zero-order valence-electron chi connectivity index (χ0n) is 13.0. The van der Waals surface area contributed by atoms with Crippen LogP contribution in [0.15, 0.2) is 42.5 Å². The maximum absolute atomic E-state index is 14.0. The van der Waals surface area contributed by atoms with E-state index in [4.69, 9.17) is 11.6 Å². The van der Waals surface area contributed by atoms with Crippen LogP contribution in [0.25, 0.3) is 0 Å². The van der Waals surface area contributed by atoms with Gasteiger partial charge in [-0.2, -0.15) is 0 Å². The third-order valence-electron chi connectivity index (χ3n) is 4.12. The van der Waals surface area contributed by atoms with Crippen LogP contribution in [0.1, 0.15) is 25.3 Å². The lowest BCUT2D eigenvalue weighted by atomic mass is 9.95. The number of hydrogen-bond donors (Lipinski definition) is 2. The van der Waals surface area contributed by atoms with E-state index in [1.807, 2.05) is 12.1 Å². The van der Waals surface area contributed by atoms with Gasteiger partial charge in [0.25, 0.3) is 0 Å². The first-order chi connectivity index (χ1) is 11.4. The predicted molar refractivity (Wildman–Crippen MR) is 91.7 cm³/mol. The Labute approximate surface area is 144 Å². The predicted octanol–water partition coefficient (Wildman–Crippen LogP) is 4.11. The Morgan fingerprint density at radius 1 is 1.08 bits per heavy atom. The maximum Gasteiger partial charge on any atom is 0.235 e. The molecule has 0 unspecified atom stereocenters. The number of hydrogen-bond acceptors (Lipinski definition) is 2. The second-order valence-electron chi connectivity index (χ2n) is 5.92. The topological polar surface area (TPSA) is 58.2 Å². The minimum atomic E-state index is -0.638. The molecule has 2 aromatic carbocycles. The fourth-order valence-electron chi connectivity index (χ4n) is 2.68. The van der Waals surface area contributed by atoms with Crippen LogP contribution in [0.5, 0.6) is 0 Å². The number of rotatable bonds is 4. The van der Waals surface area contributed by atoms with E-state index in [2.05, 4.69) is 10.6 Å². The van der Waals surface area contributed by atoms with Gasteiger partial charge in [0.1, 0.15) is 5.82 Å². The van der Waals surface area contributed by atoms with Crippen LogP contribution in [0.4, 0.5) is 15.8 Å². The molecule has 0 radical (unpaired) electrons. The molecular formula is C18H16ClFN2O2. The molecule has 2 aromatic rings. The highest BCUT2D eigenvalue weighted by Gasteiger charge is 2.51. The average molecular weight is 347 g/mol. The van der Waals surface area contributed by atoms with Crippen LogP contribution in [0, 0.1) is 5.82 Å². The molecule has 24 heavy (non-hydrogen) atoms. The standard InChI is InChI=1S/C18H16ClFN2O2/c1-11(23)21-14-6-7-15(20)16(10-14)22-17(24)18(8-9-18)12-2-4-13(19)5-3-12/h2-7,10H,8-9H2,1H3,(H,21,23)(H,22,24). The lowest BCUT2D eigenvalue weighted by Gasteiger charge is -2.17. The van der Waals surface area contributed by atoms with E-state index < -0.39 is 11.2 Å². The molecule has 0 bridgehead atoms. The lowest BCUT2D eigenvalue weighted by Crippen LogP contribution is -2.28. The monoisotopic (exact) mass is 346 g/mol. The molecule has 1 aliphatic rings. The summed E-state index contributed by atoms with van der Waals surface area (Å²) in [6.07, 6.45) is 1.40. The number of anilines is 2. The van der Waals surface area contributed by atoms with Crippen molar-refractivity contribution < 1.29 is 14.0 Å². The zero-order valence-corrected chi connectivity index (χ0v) is 13.8. The zero-order chi connectivity index (χ0) is 17.3. The van der Waals surface area contributed by atoms with E-state index in [1.165, 1.54) is 25.1 Å². The molecule has 6 heteroatoms. The van der Waals surface area contributed by atoms with Gasteiger partial charge in [-0.1, -0.05) is 23.7 Å². The summed E-state index contributed by atoms with van der Waals surface area (Å²) in [6, 6.07) is 11.2. The quantitative estimate of drug-likeness (QED) is 0.875. The van der Waals surface area contributed by atoms with Crippen molar-refractivity contribution in [1.29, 1.82) is 0 Å². The third kappa shape index (κ3) is 3.26. The molecule has 0 heterocycles. The van der Waals surface area contributed by atoms with Crippen molar-refractivity contribution in [2.75, 3.05) is 10.6 Å². The Morgan fingerprint density at radius 2 is 1.75 bits per heavy atom. The molecule has 0 aliphatic heterocycles. The van der Waals surface area contributed by atoms with E-state index >= 15 is 0 Å². The van der Waals surface area contributed by atoms with Gasteiger partial charge in [0, 0.05) is 17.6 Å². The molecule has 1 aliphatic carbocycles. The highest BCUT2D eigenvalue weighted by atomic mass is 35.5. The molecule has 4 nitrogen and oxygen atoms in total. The van der Waals surface area contributed by atoms with E-state index in [1.54, 1.807) is 12.1 Å². The normalized spacial score (nSPS) is 14.8. The smallest absolute Gasteiger partial charge is 0.235 e. The minimum Gasteiger partial charge on any atom is -0.326 e. The summed E-state index contributed by atoms with van der Waals surface area (Å²) in [5.74, 6) is -1.08. The van der Waals surface area contributed by atoms with Crippen LogP contribution in [0.3, 0.4) is 0 Å². The summed E-state index contributed by atoms with van der Waals surface area (Å²) in [6.45, 7) is 1.36. The number of carbonyl (C=O) groups excluding carboxylic acids is 2. The van der Waals surface area contributed by atoms with Crippen LogP contribution >= 0.6 is 11.6 Å². The Kier molecular flexibility index (Phi) is 4.28. The second kappa shape index (κ2) is 6.24. The highest BCUT2D eigenvalue weighted by molar-refractivity contribution is 6.30. The summed E-state index contributed by atoms with van der Waals surface area (Å²) >= 11 is 5.89. The molecule has 2 N–H and O–H groups in total. The van der Waals surface area contributed by atoms with E-state index in [-0.39, 0.29) is 17.5 Å². The third-order valence-corrected chi connectivity index (χ3v) is 4.37. The lowest BCUT2D eigenvalue weighted by molar-refractivity contribution is -0.118. The number of nitrogens with one attached hydrogen (secondary N) is 2. The number of carbonyl (C=O) groups is 2. The summed E-state index contributed by atoms with van der Waals surface area (Å²) in [4.78, 5) is 23.8. The molecule has 2 amide bonds. The van der Waals surface area contributed by atoms with Crippen molar-refractivity contribution in [3.05, 3.63) is 58.9 Å². The van der Waals surface area contributed by atoms with Crippen molar-refractivity contribution in [1.82, 2.24) is 0 Å². The van der Waals surface area contributed by atoms with Crippen LogP contribution in [0.2, 0.25) is 5.02 Å². The molecule has 124 valence electrons. The largest absolute Gasteiger partial charge is 0.326 e. The second-order valence-corrected chi connectivity index (χ2v) is 6.36. The molecule has 1 fully saturated rings. The molecule has 1 saturated carbocycles. The van der Waals surface area contributed by atoms with Gasteiger partial charge in [-0.15, -0.1) is 0 Å². The van der Waals surface area contributed by atoms with Gasteiger partial charge in [0.2, 0.25) is 11.8 Å². The summed E-state index contributed by atoms with van der Waals surface area (Å²) in [5.41, 5.74) is 0.700. The highest BCUT2D eigenvalue weighted by Crippen LogP contribution is 2.49. The van der Waals surface area contributed by atoms with Gasteiger partial charge >= 0.3 is 0 Å². The number of halogens is 2. The van der Waals surface area contributed by atoms with Gasteiger partial charge in [-0.25, -0.2) is 4.39 Å². The van der Waals surface area contributed by atoms with Gasteiger partial charge in [0.05, 0.1) is 11.1 Å². The maximum atomic E-state index is 14.0. The van der Waals surface area contributed by atoms with Crippen molar-refractivity contribution in [3.63, 3.8) is 0 Å². The molecule has 0 saturated heterocycles. The van der Waals surface area contributed by atoms with Crippen LogP contribution in [-0.2, 0) is 15.0 Å². The van der Waals surface area contributed by atoms with E-state index in [9.17, 15) is 14.0 Å². The number of amides is 2. The van der Waals surface area contributed by atoms with Crippen molar-refractivity contribution in [2.45, 2.75) is 25.2 Å². The van der Waals surface area contributed by atoms with Gasteiger partial charge in [-0.3, -0.25) is 9.59 Å². The SMILES string of the molecule is CC(=O)Nc1ccc(F)c(NC(=O)C2(c3ccc(Cl)cc3)CC2)c1. The number of benzene rings is 2. The van der Waals surface area contributed by atoms with Crippen LogP contribution in [-0.4, -0.2) is 11.8 Å². The van der Waals surface area contributed by atoms with Gasteiger partial charge in [-0.05, 0) is 48.7 Å². The Bertz CT molecular complexity index is 801. The van der Waals surface area contributed by atoms with Gasteiger partial charge < -0.3 is 10.6 Å². The Morgan fingerprint density at radius 3 is 2.33 bits per heavy atom. The first-order valence-electron chi connectivity index (χ1n) is 7.55. The molecule has 0 spiro atoms. The van der Waals surface area contributed by atoms with E-state index in [0.29, 0.717) is 23.6 Å². The summed E-state index contributed by atoms with van der Waals surface area (Å²) in [7, 11) is 0. The summed E-state index contributed by atoms with van der Waals surface area (Å²) < 4.78 is 14.0. The van der Waals surface area contributed by atoms with Gasteiger partial charge in [0.15, 0.2) is 0 Å². The van der Waals surface area contributed by atoms with Crippen LogP contribution < -0.4 is 10.6 Å². The summed E-state index contributed by atoms with van der Waals surface area (Å²) in [5, 5.41) is 5.81. The molecule has 0 atom stereocenters. The van der Waals surface area contributed by atoms with Crippen molar-refractivity contribution >= 4 is 34.8 Å². The fraction of sp³-hybridized carbons (Fsp3) is 0.222. The van der Waals surface area contributed by atoms with Crippen molar-refractivity contribution in [2.24, 2.45) is 0 Å². The first-order valence-corrected chi connectivity index (χ1v) is 7.93. The fourth-order valence-corrected chi connectivity index (χ4v) is 2.81. The Balaban J connectivity index is 1.82.